The summed E-state index contributed by atoms with van der Waals surface area (Å²) in [5.41, 5.74) is 0. The van der Waals surface area contributed by atoms with Crippen LogP contribution in [0.2, 0.25) is 5.15 Å². The summed E-state index contributed by atoms with van der Waals surface area (Å²) >= 11 is 7.62. The van der Waals surface area contributed by atoms with Crippen LogP contribution in [0.4, 0.5) is 5.82 Å². The van der Waals surface area contributed by atoms with Crippen LogP contribution in [0.1, 0.15) is 64.7 Å². The highest BCUT2D eigenvalue weighted by Gasteiger charge is 2.29. The summed E-state index contributed by atoms with van der Waals surface area (Å²) in [4.78, 5) is 40.8. The number of rotatable bonds is 10. The number of halogens is 1. The van der Waals surface area contributed by atoms with E-state index in [1.807, 2.05) is 4.90 Å². The summed E-state index contributed by atoms with van der Waals surface area (Å²) in [5, 5.41) is 3.88. The van der Waals surface area contributed by atoms with Gasteiger partial charge in [0.25, 0.3) is 0 Å². The maximum atomic E-state index is 12.8. The van der Waals surface area contributed by atoms with Gasteiger partial charge in [-0.15, -0.1) is 0 Å². The number of thioether (sulfide) groups is 1. The second-order valence-corrected chi connectivity index (χ2v) is 11.8. The van der Waals surface area contributed by atoms with E-state index in [4.69, 9.17) is 11.6 Å². The molecule has 0 radical (unpaired) electrons. The molecule has 1 saturated carbocycles. The molecule has 2 amide bonds. The smallest absolute Gasteiger partial charge is 0.230 e. The van der Waals surface area contributed by atoms with Crippen molar-refractivity contribution in [1.29, 1.82) is 0 Å². The molecule has 0 aromatic carbocycles. The number of piperidine rings is 1. The molecule has 1 N–H and O–H groups in total. The van der Waals surface area contributed by atoms with Gasteiger partial charge in [0.1, 0.15) is 11.0 Å². The predicted molar refractivity (Wildman–Crippen MR) is 146 cm³/mol. The van der Waals surface area contributed by atoms with Crippen molar-refractivity contribution in [3.8, 4) is 0 Å². The quantitative estimate of drug-likeness (QED) is 0.276. The largest absolute Gasteiger partial charge is 0.354 e. The van der Waals surface area contributed by atoms with Gasteiger partial charge < -0.3 is 20.0 Å². The van der Waals surface area contributed by atoms with E-state index in [-0.39, 0.29) is 23.6 Å². The van der Waals surface area contributed by atoms with Crippen LogP contribution in [0.5, 0.6) is 0 Å². The van der Waals surface area contributed by atoms with Gasteiger partial charge in [0.05, 0.1) is 5.75 Å². The maximum Gasteiger partial charge on any atom is 0.230 e. The molecule has 1 aromatic heterocycles. The zero-order valence-electron chi connectivity index (χ0n) is 21.6. The van der Waals surface area contributed by atoms with Crippen LogP contribution in [-0.4, -0.2) is 89.2 Å². The van der Waals surface area contributed by atoms with Crippen LogP contribution >= 0.6 is 23.4 Å². The molecule has 3 heterocycles. The molecule has 1 aromatic rings. The van der Waals surface area contributed by atoms with Crippen LogP contribution < -0.4 is 10.2 Å². The Bertz CT molecular complexity index is 878. The fraction of sp³-hybridized carbons (Fsp3) is 0.769. The average molecular weight is 537 g/mol. The molecule has 0 bridgehead atoms. The first-order valence-corrected chi connectivity index (χ1v) is 15.0. The van der Waals surface area contributed by atoms with Crippen LogP contribution in [-0.2, 0) is 9.59 Å². The molecule has 2 saturated heterocycles. The van der Waals surface area contributed by atoms with E-state index in [9.17, 15) is 9.59 Å². The summed E-state index contributed by atoms with van der Waals surface area (Å²) in [7, 11) is 0. The average Bonchev–Trinajstić information content (AvgIpc) is 3.40. The third-order valence-corrected chi connectivity index (χ3v) is 8.75. The topological polar surface area (TPSA) is 81.7 Å². The number of hydrogen-bond donors (Lipinski definition) is 1. The Morgan fingerprint density at radius 2 is 1.86 bits per heavy atom. The SMILES string of the molecule is CC1CN(c2cc(Cl)nc(SCC(=O)NCCN3CCCCC3)n2)CCN1C(=O)CCC1CCCC1. The van der Waals surface area contributed by atoms with E-state index in [1.54, 1.807) is 6.07 Å². The van der Waals surface area contributed by atoms with Gasteiger partial charge in [-0.3, -0.25) is 9.59 Å². The Balaban J connectivity index is 1.22. The van der Waals surface area contributed by atoms with Crippen molar-refractivity contribution in [2.24, 2.45) is 5.92 Å². The molecule has 3 fully saturated rings. The Kier molecular flexibility index (Phi) is 10.5. The highest BCUT2D eigenvalue weighted by Crippen LogP contribution is 2.29. The van der Waals surface area contributed by atoms with Crippen molar-refractivity contribution in [3.63, 3.8) is 0 Å². The molecule has 4 rings (SSSR count). The first-order valence-electron chi connectivity index (χ1n) is 13.7. The van der Waals surface area contributed by atoms with Gasteiger partial charge in [0.15, 0.2) is 5.16 Å². The van der Waals surface area contributed by atoms with E-state index in [1.165, 1.54) is 56.7 Å². The molecule has 1 aliphatic carbocycles. The number of anilines is 1. The zero-order valence-corrected chi connectivity index (χ0v) is 23.2. The molecule has 1 unspecified atom stereocenters. The number of amides is 2. The highest BCUT2D eigenvalue weighted by atomic mass is 35.5. The molecule has 1 atom stereocenters. The van der Waals surface area contributed by atoms with Crippen molar-refractivity contribution in [1.82, 2.24) is 25.1 Å². The minimum absolute atomic E-state index is 0.0134. The van der Waals surface area contributed by atoms with Crippen molar-refractivity contribution in [3.05, 3.63) is 11.2 Å². The number of piperazine rings is 1. The first-order chi connectivity index (χ1) is 17.5. The fourth-order valence-electron chi connectivity index (χ4n) is 5.64. The Labute approximate surface area is 224 Å². The molecule has 0 spiro atoms. The van der Waals surface area contributed by atoms with E-state index in [0.717, 1.165) is 37.8 Å². The minimum atomic E-state index is -0.0134. The first kappa shape index (κ1) is 27.5. The normalized spacial score (nSPS) is 21.7. The summed E-state index contributed by atoms with van der Waals surface area (Å²) in [6.07, 6.45) is 10.7. The number of nitrogens with zero attached hydrogens (tertiary/aromatic N) is 5. The van der Waals surface area contributed by atoms with E-state index >= 15 is 0 Å². The van der Waals surface area contributed by atoms with E-state index in [2.05, 4.69) is 32.0 Å². The molecule has 36 heavy (non-hydrogen) atoms. The number of hydrogen-bond acceptors (Lipinski definition) is 7. The summed E-state index contributed by atoms with van der Waals surface area (Å²) < 4.78 is 0. The number of aromatic nitrogens is 2. The standard InChI is InChI=1S/C26H41ClN6O2S/c1-20-18-32(15-16-33(20)25(35)10-9-21-7-3-4-8-21)23-17-22(27)29-26(30-23)36-19-24(34)28-11-14-31-12-5-2-6-13-31/h17,20-21H,2-16,18-19H2,1H3,(H,28,34). The predicted octanol–water partition coefficient (Wildman–Crippen LogP) is 3.83. The number of likely N-dealkylation sites (tertiary alicyclic amines) is 1. The number of nitrogens with one attached hydrogen (secondary N) is 1. The molecule has 200 valence electrons. The minimum Gasteiger partial charge on any atom is -0.354 e. The van der Waals surface area contributed by atoms with Crippen molar-refractivity contribution >= 4 is 41.0 Å². The Morgan fingerprint density at radius 1 is 1.08 bits per heavy atom. The van der Waals surface area contributed by atoms with Crippen LogP contribution in [0.25, 0.3) is 0 Å². The number of carbonyl (C=O) groups is 2. The Hall–Kier alpha value is -1.58. The lowest BCUT2D eigenvalue weighted by Gasteiger charge is -2.40. The highest BCUT2D eigenvalue weighted by molar-refractivity contribution is 7.99. The summed E-state index contributed by atoms with van der Waals surface area (Å²) in [6, 6.07) is 1.89. The monoisotopic (exact) mass is 536 g/mol. The van der Waals surface area contributed by atoms with Gasteiger partial charge in [0.2, 0.25) is 11.8 Å². The van der Waals surface area contributed by atoms with Gasteiger partial charge in [0, 0.05) is 51.3 Å². The van der Waals surface area contributed by atoms with Crippen molar-refractivity contribution in [2.75, 3.05) is 56.5 Å². The van der Waals surface area contributed by atoms with Crippen LogP contribution in [0, 0.1) is 5.92 Å². The third-order valence-electron chi connectivity index (χ3n) is 7.71. The van der Waals surface area contributed by atoms with Gasteiger partial charge in [-0.25, -0.2) is 9.97 Å². The van der Waals surface area contributed by atoms with Gasteiger partial charge in [-0.1, -0.05) is 55.5 Å². The lowest BCUT2D eigenvalue weighted by molar-refractivity contribution is -0.134. The maximum absolute atomic E-state index is 12.8. The van der Waals surface area contributed by atoms with Crippen molar-refractivity contribution in [2.45, 2.75) is 75.9 Å². The van der Waals surface area contributed by atoms with Crippen LogP contribution in [0.3, 0.4) is 0 Å². The van der Waals surface area contributed by atoms with Gasteiger partial charge in [-0.05, 0) is 45.2 Å². The summed E-state index contributed by atoms with van der Waals surface area (Å²) in [5.74, 6) is 2.02. The van der Waals surface area contributed by atoms with Crippen molar-refractivity contribution < 1.29 is 9.59 Å². The van der Waals surface area contributed by atoms with Crippen LogP contribution in [0.15, 0.2) is 11.2 Å². The molecular formula is C26H41ClN6O2S. The second-order valence-electron chi connectivity index (χ2n) is 10.4. The lowest BCUT2D eigenvalue weighted by atomic mass is 10.0. The molecule has 10 heteroatoms. The third kappa shape index (κ3) is 8.21. The van der Waals surface area contributed by atoms with Gasteiger partial charge in [-0.2, -0.15) is 0 Å². The van der Waals surface area contributed by atoms with Gasteiger partial charge >= 0.3 is 0 Å². The fourth-order valence-corrected chi connectivity index (χ4v) is 6.55. The summed E-state index contributed by atoms with van der Waals surface area (Å²) in [6.45, 7) is 8.05. The van der Waals surface area contributed by atoms with E-state index in [0.29, 0.717) is 42.9 Å². The zero-order chi connectivity index (χ0) is 25.3. The molecule has 8 nitrogen and oxygen atoms in total. The molecular weight excluding hydrogens is 496 g/mol. The lowest BCUT2D eigenvalue weighted by Crippen LogP contribution is -2.54. The molecule has 3 aliphatic rings. The Morgan fingerprint density at radius 3 is 2.61 bits per heavy atom. The molecule has 2 aliphatic heterocycles. The van der Waals surface area contributed by atoms with E-state index < -0.39 is 0 Å². The number of carbonyl (C=O) groups excluding carboxylic acids is 2. The second kappa shape index (κ2) is 13.8.